The van der Waals surface area contributed by atoms with Crippen LogP contribution in [-0.4, -0.2) is 42.3 Å². The maximum atomic E-state index is 12.5. The summed E-state index contributed by atoms with van der Waals surface area (Å²) in [7, 11) is 0. The first-order valence-electron chi connectivity index (χ1n) is 12.4. The number of rotatable bonds is 9. The van der Waals surface area contributed by atoms with Gasteiger partial charge in [0.15, 0.2) is 0 Å². The zero-order valence-electron chi connectivity index (χ0n) is 20.4. The van der Waals surface area contributed by atoms with Gasteiger partial charge in [0.1, 0.15) is 6.61 Å². The summed E-state index contributed by atoms with van der Waals surface area (Å²) in [5.41, 5.74) is 3.89. The Kier molecular flexibility index (Phi) is 7.43. The monoisotopic (exact) mass is 478 g/mol. The Morgan fingerprint density at radius 1 is 1.00 bits per heavy atom. The molecule has 2 atom stereocenters. The number of fused-ring (bicyclic) bond motifs is 3. The van der Waals surface area contributed by atoms with Crippen LogP contribution in [0.4, 0.5) is 4.79 Å². The van der Waals surface area contributed by atoms with Crippen molar-refractivity contribution in [3.63, 3.8) is 0 Å². The van der Waals surface area contributed by atoms with Gasteiger partial charge < -0.3 is 20.5 Å². The van der Waals surface area contributed by atoms with E-state index in [-0.39, 0.29) is 30.4 Å². The predicted molar refractivity (Wildman–Crippen MR) is 133 cm³/mol. The molecule has 0 spiro atoms. The molecule has 186 valence electrons. The van der Waals surface area contributed by atoms with Crippen molar-refractivity contribution in [2.45, 2.75) is 57.9 Å². The number of alkyl carbamates (subject to hydrolysis) is 1. The largest absolute Gasteiger partial charge is 0.481 e. The van der Waals surface area contributed by atoms with Gasteiger partial charge in [-0.3, -0.25) is 9.59 Å². The Hall–Kier alpha value is -3.35. The van der Waals surface area contributed by atoms with Crippen molar-refractivity contribution in [2.24, 2.45) is 11.3 Å². The van der Waals surface area contributed by atoms with E-state index < -0.39 is 17.5 Å². The first-order valence-corrected chi connectivity index (χ1v) is 12.4. The highest BCUT2D eigenvalue weighted by molar-refractivity contribution is 5.79. The second-order valence-corrected chi connectivity index (χ2v) is 10.3. The summed E-state index contributed by atoms with van der Waals surface area (Å²) in [4.78, 5) is 36.0. The van der Waals surface area contributed by atoms with Gasteiger partial charge >= 0.3 is 12.1 Å². The molecule has 0 radical (unpaired) electrons. The molecule has 1 saturated carbocycles. The molecule has 2 aromatic carbocycles. The molecule has 0 aliphatic heterocycles. The molecule has 3 N–H and O–H groups in total. The van der Waals surface area contributed by atoms with Crippen LogP contribution < -0.4 is 10.6 Å². The van der Waals surface area contributed by atoms with Crippen LogP contribution in [0.3, 0.4) is 0 Å². The van der Waals surface area contributed by atoms with E-state index in [1.54, 1.807) is 13.8 Å². The summed E-state index contributed by atoms with van der Waals surface area (Å²) in [5.74, 6) is -0.719. The highest BCUT2D eigenvalue weighted by atomic mass is 16.5. The van der Waals surface area contributed by atoms with Gasteiger partial charge in [-0.25, -0.2) is 4.79 Å². The van der Waals surface area contributed by atoms with Gasteiger partial charge in [-0.1, -0.05) is 48.5 Å². The van der Waals surface area contributed by atoms with Crippen LogP contribution in [0, 0.1) is 11.3 Å². The van der Waals surface area contributed by atoms with E-state index in [2.05, 4.69) is 34.9 Å². The number of ether oxygens (including phenoxy) is 1. The minimum Gasteiger partial charge on any atom is -0.481 e. The summed E-state index contributed by atoms with van der Waals surface area (Å²) in [5, 5.41) is 15.0. The Morgan fingerprint density at radius 3 is 2.26 bits per heavy atom. The second kappa shape index (κ2) is 10.5. The summed E-state index contributed by atoms with van der Waals surface area (Å²) < 4.78 is 5.64. The number of nitrogens with one attached hydrogen (secondary N) is 2. The molecule has 35 heavy (non-hydrogen) atoms. The number of aliphatic carboxylic acids is 1. The number of carboxylic acid groups (broad SMARTS) is 1. The Labute approximate surface area is 206 Å². The van der Waals surface area contributed by atoms with E-state index in [1.165, 1.54) is 22.3 Å². The van der Waals surface area contributed by atoms with Crippen LogP contribution in [0.25, 0.3) is 11.1 Å². The zero-order chi connectivity index (χ0) is 25.0. The van der Waals surface area contributed by atoms with Crippen molar-refractivity contribution in [3.05, 3.63) is 59.7 Å². The quantitative estimate of drug-likeness (QED) is 0.485. The predicted octanol–water partition coefficient (Wildman–Crippen LogP) is 4.70. The van der Waals surface area contributed by atoms with Gasteiger partial charge in [-0.2, -0.15) is 0 Å². The molecule has 7 nitrogen and oxygen atoms in total. The number of carboxylic acids is 1. The van der Waals surface area contributed by atoms with Gasteiger partial charge in [0, 0.05) is 24.9 Å². The van der Waals surface area contributed by atoms with Crippen LogP contribution in [0.5, 0.6) is 0 Å². The maximum Gasteiger partial charge on any atom is 0.407 e. The minimum absolute atomic E-state index is 0.00519. The topological polar surface area (TPSA) is 105 Å². The highest BCUT2D eigenvalue weighted by Crippen LogP contribution is 2.44. The number of carbonyl (C=O) groups is 3. The van der Waals surface area contributed by atoms with Crippen molar-refractivity contribution in [1.29, 1.82) is 0 Å². The lowest BCUT2D eigenvalue weighted by Crippen LogP contribution is -2.35. The van der Waals surface area contributed by atoms with Crippen LogP contribution in [0.2, 0.25) is 0 Å². The fraction of sp³-hybridized carbons (Fsp3) is 0.464. The number of amides is 2. The Morgan fingerprint density at radius 2 is 1.63 bits per heavy atom. The normalized spacial score (nSPS) is 19.0. The Balaban J connectivity index is 1.21. The molecule has 0 aromatic heterocycles. The minimum atomic E-state index is -0.871. The molecule has 0 heterocycles. The Bertz CT molecular complexity index is 1050. The number of benzene rings is 2. The molecular formula is C28H34N2O5. The molecule has 2 aliphatic rings. The summed E-state index contributed by atoms with van der Waals surface area (Å²) in [6.45, 7) is 3.92. The summed E-state index contributed by atoms with van der Waals surface area (Å²) in [6, 6.07) is 16.5. The van der Waals surface area contributed by atoms with Gasteiger partial charge in [0.05, 0.1) is 5.41 Å². The fourth-order valence-corrected chi connectivity index (χ4v) is 5.15. The average molecular weight is 479 g/mol. The first kappa shape index (κ1) is 24.8. The summed E-state index contributed by atoms with van der Waals surface area (Å²) >= 11 is 0. The van der Waals surface area contributed by atoms with E-state index in [0.29, 0.717) is 19.4 Å². The molecule has 0 bridgehead atoms. The smallest absolute Gasteiger partial charge is 0.407 e. The van der Waals surface area contributed by atoms with Gasteiger partial charge in [-0.15, -0.1) is 0 Å². The fourth-order valence-electron chi connectivity index (χ4n) is 5.15. The van der Waals surface area contributed by atoms with Crippen molar-refractivity contribution in [1.82, 2.24) is 10.6 Å². The van der Waals surface area contributed by atoms with E-state index in [4.69, 9.17) is 9.84 Å². The maximum absolute atomic E-state index is 12.5. The highest BCUT2D eigenvalue weighted by Gasteiger charge is 2.31. The van der Waals surface area contributed by atoms with E-state index in [1.807, 2.05) is 24.3 Å². The van der Waals surface area contributed by atoms with Gasteiger partial charge in [0.25, 0.3) is 0 Å². The molecule has 1 fully saturated rings. The molecule has 7 heteroatoms. The van der Waals surface area contributed by atoms with E-state index >= 15 is 0 Å². The van der Waals surface area contributed by atoms with Gasteiger partial charge in [0.2, 0.25) is 5.91 Å². The number of hydrogen-bond donors (Lipinski definition) is 3. The van der Waals surface area contributed by atoms with Crippen LogP contribution in [0.1, 0.15) is 63.0 Å². The van der Waals surface area contributed by atoms with Crippen molar-refractivity contribution < 1.29 is 24.2 Å². The number of hydrogen-bond acceptors (Lipinski definition) is 4. The van der Waals surface area contributed by atoms with Crippen molar-refractivity contribution >= 4 is 18.0 Å². The molecule has 2 aromatic rings. The lowest BCUT2D eigenvalue weighted by atomic mass is 9.89. The average Bonchev–Trinajstić information content (AvgIpc) is 3.39. The third-order valence-electron chi connectivity index (χ3n) is 7.33. The van der Waals surface area contributed by atoms with Crippen molar-refractivity contribution in [3.8, 4) is 11.1 Å². The van der Waals surface area contributed by atoms with E-state index in [0.717, 1.165) is 19.3 Å². The van der Waals surface area contributed by atoms with Crippen LogP contribution in [0.15, 0.2) is 48.5 Å². The lowest BCUT2D eigenvalue weighted by molar-refractivity contribution is -0.147. The second-order valence-electron chi connectivity index (χ2n) is 10.3. The van der Waals surface area contributed by atoms with Crippen LogP contribution >= 0.6 is 0 Å². The summed E-state index contributed by atoms with van der Waals surface area (Å²) in [6.07, 6.45) is 2.76. The molecule has 2 amide bonds. The van der Waals surface area contributed by atoms with Gasteiger partial charge in [-0.05, 0) is 67.7 Å². The third kappa shape index (κ3) is 5.84. The zero-order valence-corrected chi connectivity index (χ0v) is 20.4. The molecule has 2 aliphatic carbocycles. The van der Waals surface area contributed by atoms with E-state index in [9.17, 15) is 14.4 Å². The molecule has 0 saturated heterocycles. The lowest BCUT2D eigenvalue weighted by Gasteiger charge is -2.19. The third-order valence-corrected chi connectivity index (χ3v) is 7.33. The van der Waals surface area contributed by atoms with Crippen molar-refractivity contribution in [2.75, 3.05) is 13.2 Å². The molecule has 4 rings (SSSR count). The SMILES string of the molecule is CC(C)(CCNC(=O)C[C@H]1CC[C@@H](NC(=O)OCC2c3ccccc3-c3ccccc32)C1)C(=O)O. The number of carbonyl (C=O) groups excluding carboxylic acids is 2. The standard InChI is InChI=1S/C28H34N2O5/c1-28(2,26(32)33)13-14-29-25(31)16-18-11-12-19(15-18)30-27(34)35-17-24-22-9-5-3-7-20(22)21-8-4-6-10-23(21)24/h3-10,18-19,24H,11-17H2,1-2H3,(H,29,31)(H,30,34)(H,32,33)/t18-,19+/m0/s1. The first-order chi connectivity index (χ1) is 16.7. The molecule has 0 unspecified atom stereocenters. The van der Waals surface area contributed by atoms with Crippen LogP contribution in [-0.2, 0) is 14.3 Å². The molecular weight excluding hydrogens is 444 g/mol.